The van der Waals surface area contributed by atoms with E-state index in [4.69, 9.17) is 0 Å². The average Bonchev–Trinajstić information content (AvgIpc) is 2.36. The normalized spacial score (nSPS) is 10.6. The Kier molecular flexibility index (Phi) is 8.46. The largest absolute Gasteiger partial charge is 0.208 e. The van der Waals surface area contributed by atoms with E-state index in [1.807, 2.05) is 19.9 Å². The molecule has 0 unspecified atom stereocenters. The summed E-state index contributed by atoms with van der Waals surface area (Å²) in [7, 11) is 0. The third kappa shape index (κ3) is 8.41. The Labute approximate surface area is 121 Å². The number of hydrogen-bond acceptors (Lipinski definition) is 0. The second-order valence-electron chi connectivity index (χ2n) is 5.22. The van der Waals surface area contributed by atoms with Gasteiger partial charge in [-0.15, -0.1) is 0 Å². The van der Waals surface area contributed by atoms with Crippen LogP contribution >= 0.6 is 0 Å². The monoisotopic (exact) mass is 278 g/mol. The summed E-state index contributed by atoms with van der Waals surface area (Å²) in [5, 5.41) is 0. The van der Waals surface area contributed by atoms with Crippen LogP contribution in [0.3, 0.4) is 0 Å². The first-order valence-electron chi connectivity index (χ1n) is 6.70. The SMILES string of the molecule is C=C(F)/C=C\C(=C)C(C)C.CC(C)c1cccc(F)c1. The molecule has 1 aromatic rings. The molecule has 20 heavy (non-hydrogen) atoms. The molecule has 0 nitrogen and oxygen atoms in total. The molecular formula is C18H24F2. The molecule has 0 saturated heterocycles. The molecule has 0 fully saturated rings. The highest BCUT2D eigenvalue weighted by atomic mass is 19.1. The fourth-order valence-electron chi connectivity index (χ4n) is 1.26. The van der Waals surface area contributed by atoms with E-state index >= 15 is 0 Å². The lowest BCUT2D eigenvalue weighted by Gasteiger charge is -2.02. The molecule has 1 rings (SSSR count). The lowest BCUT2D eigenvalue weighted by atomic mass is 10.0. The van der Waals surface area contributed by atoms with Crippen molar-refractivity contribution in [1.29, 1.82) is 0 Å². The Morgan fingerprint density at radius 1 is 1.10 bits per heavy atom. The van der Waals surface area contributed by atoms with Crippen LogP contribution in [-0.2, 0) is 0 Å². The molecule has 2 heteroatoms. The van der Waals surface area contributed by atoms with Crippen molar-refractivity contribution in [3.05, 3.63) is 72.4 Å². The highest BCUT2D eigenvalue weighted by Gasteiger charge is 1.98. The summed E-state index contributed by atoms with van der Waals surface area (Å²) in [5.41, 5.74) is 1.97. The Morgan fingerprint density at radius 3 is 2.05 bits per heavy atom. The smallest absolute Gasteiger partial charge is 0.123 e. The van der Waals surface area contributed by atoms with Gasteiger partial charge >= 0.3 is 0 Å². The summed E-state index contributed by atoms with van der Waals surface area (Å²) in [6.07, 6.45) is 2.97. The highest BCUT2D eigenvalue weighted by Crippen LogP contribution is 2.14. The van der Waals surface area contributed by atoms with Crippen molar-refractivity contribution < 1.29 is 8.78 Å². The van der Waals surface area contributed by atoms with Gasteiger partial charge in [-0.2, -0.15) is 0 Å². The number of benzene rings is 1. The minimum Gasteiger partial charge on any atom is -0.208 e. The summed E-state index contributed by atoms with van der Waals surface area (Å²) >= 11 is 0. The van der Waals surface area contributed by atoms with Crippen molar-refractivity contribution in [3.63, 3.8) is 0 Å². The predicted molar refractivity (Wildman–Crippen MR) is 83.9 cm³/mol. The molecule has 0 aliphatic rings. The molecule has 0 radical (unpaired) electrons. The van der Waals surface area contributed by atoms with Crippen LogP contribution in [0.2, 0.25) is 0 Å². The van der Waals surface area contributed by atoms with E-state index in [0.717, 1.165) is 11.1 Å². The minimum absolute atomic E-state index is 0.147. The van der Waals surface area contributed by atoms with Gasteiger partial charge in [-0.05, 0) is 35.6 Å². The van der Waals surface area contributed by atoms with Gasteiger partial charge in [0.05, 0.1) is 0 Å². The molecule has 1 aromatic carbocycles. The van der Waals surface area contributed by atoms with Crippen molar-refractivity contribution in [2.45, 2.75) is 33.6 Å². The Hall–Kier alpha value is -1.70. The van der Waals surface area contributed by atoms with Gasteiger partial charge in [-0.1, -0.05) is 64.6 Å². The van der Waals surface area contributed by atoms with Crippen LogP contribution in [-0.4, -0.2) is 0 Å². The van der Waals surface area contributed by atoms with Crippen molar-refractivity contribution in [3.8, 4) is 0 Å². The standard InChI is InChI=1S/C9H11F.C9H13F/c1-7(2)8-4-3-5-9(10)6-8;1-7(2)8(3)5-6-9(4)10/h3-7H,1-2H3;5-7H,3-4H2,1-2H3/b;6-5-. The Bertz CT molecular complexity index is 468. The van der Waals surface area contributed by atoms with Crippen LogP contribution in [0.4, 0.5) is 8.78 Å². The molecule has 0 spiro atoms. The zero-order valence-electron chi connectivity index (χ0n) is 12.8. The van der Waals surface area contributed by atoms with Gasteiger partial charge in [0.2, 0.25) is 0 Å². The minimum atomic E-state index is -0.429. The highest BCUT2D eigenvalue weighted by molar-refractivity contribution is 5.22. The van der Waals surface area contributed by atoms with Crippen LogP contribution in [0, 0.1) is 11.7 Å². The molecule has 0 atom stereocenters. The zero-order chi connectivity index (χ0) is 15.7. The maximum absolute atomic E-state index is 12.5. The lowest BCUT2D eigenvalue weighted by Crippen LogP contribution is -1.86. The van der Waals surface area contributed by atoms with Crippen LogP contribution in [0.25, 0.3) is 0 Å². The number of allylic oxidation sites excluding steroid dienone is 4. The number of hydrogen-bond donors (Lipinski definition) is 0. The van der Waals surface area contributed by atoms with E-state index in [2.05, 4.69) is 27.0 Å². The van der Waals surface area contributed by atoms with Gasteiger partial charge < -0.3 is 0 Å². The molecule has 110 valence electrons. The number of rotatable bonds is 4. The van der Waals surface area contributed by atoms with E-state index in [0.29, 0.717) is 11.8 Å². The summed E-state index contributed by atoms with van der Waals surface area (Å²) in [4.78, 5) is 0. The summed E-state index contributed by atoms with van der Waals surface area (Å²) in [6.45, 7) is 14.9. The molecule has 0 amide bonds. The lowest BCUT2D eigenvalue weighted by molar-refractivity contribution is 0.623. The van der Waals surface area contributed by atoms with E-state index in [9.17, 15) is 8.78 Å². The molecule has 0 saturated carbocycles. The van der Waals surface area contributed by atoms with Crippen molar-refractivity contribution >= 4 is 0 Å². The molecule has 0 aromatic heterocycles. The third-order valence-electron chi connectivity index (χ3n) is 2.74. The molecule has 0 aliphatic heterocycles. The average molecular weight is 278 g/mol. The Balaban J connectivity index is 0.000000361. The van der Waals surface area contributed by atoms with Crippen LogP contribution in [0.1, 0.15) is 39.2 Å². The van der Waals surface area contributed by atoms with Crippen molar-refractivity contribution in [1.82, 2.24) is 0 Å². The Morgan fingerprint density at radius 2 is 1.70 bits per heavy atom. The van der Waals surface area contributed by atoms with E-state index < -0.39 is 5.83 Å². The summed E-state index contributed by atoms with van der Waals surface area (Å²) < 4.78 is 24.5. The van der Waals surface area contributed by atoms with Crippen LogP contribution < -0.4 is 0 Å². The predicted octanol–water partition coefficient (Wildman–Crippen LogP) is 6.19. The van der Waals surface area contributed by atoms with Gasteiger partial charge in [0.1, 0.15) is 11.6 Å². The molecule has 0 bridgehead atoms. The molecule has 0 aliphatic carbocycles. The quantitative estimate of drug-likeness (QED) is 0.576. The fraction of sp³-hybridized carbons (Fsp3) is 0.333. The molecule has 0 N–H and O–H groups in total. The fourth-order valence-corrected chi connectivity index (χ4v) is 1.26. The third-order valence-corrected chi connectivity index (χ3v) is 2.74. The van der Waals surface area contributed by atoms with Crippen molar-refractivity contribution in [2.24, 2.45) is 5.92 Å². The van der Waals surface area contributed by atoms with Gasteiger partial charge in [-0.25, -0.2) is 8.78 Å². The van der Waals surface area contributed by atoms with E-state index in [-0.39, 0.29) is 5.82 Å². The topological polar surface area (TPSA) is 0 Å². The maximum Gasteiger partial charge on any atom is 0.123 e. The first-order chi connectivity index (χ1) is 9.23. The van der Waals surface area contributed by atoms with E-state index in [1.54, 1.807) is 18.2 Å². The van der Waals surface area contributed by atoms with E-state index in [1.165, 1.54) is 12.1 Å². The molecular weight excluding hydrogens is 254 g/mol. The first kappa shape index (κ1) is 18.3. The summed E-state index contributed by atoms with van der Waals surface area (Å²) in [6, 6.07) is 6.72. The number of halogens is 2. The summed E-state index contributed by atoms with van der Waals surface area (Å²) in [5.74, 6) is 0.208. The second-order valence-corrected chi connectivity index (χ2v) is 5.22. The van der Waals surface area contributed by atoms with Crippen molar-refractivity contribution in [2.75, 3.05) is 0 Å². The molecule has 0 heterocycles. The van der Waals surface area contributed by atoms with Gasteiger partial charge in [0, 0.05) is 0 Å². The maximum atomic E-state index is 12.5. The van der Waals surface area contributed by atoms with Gasteiger partial charge in [0.25, 0.3) is 0 Å². The second kappa shape index (κ2) is 9.24. The first-order valence-corrected chi connectivity index (χ1v) is 6.70. The zero-order valence-corrected chi connectivity index (χ0v) is 12.8. The van der Waals surface area contributed by atoms with Crippen LogP contribution in [0.5, 0.6) is 0 Å². The van der Waals surface area contributed by atoms with Gasteiger partial charge in [-0.3, -0.25) is 0 Å². The van der Waals surface area contributed by atoms with Gasteiger partial charge in [0.15, 0.2) is 0 Å². The van der Waals surface area contributed by atoms with Crippen LogP contribution in [0.15, 0.2) is 61.0 Å².